The molecule has 2 rings (SSSR count). The second kappa shape index (κ2) is 8.08. The Morgan fingerprint density at radius 1 is 1.09 bits per heavy atom. The number of rotatable bonds is 8. The van der Waals surface area contributed by atoms with Crippen molar-refractivity contribution in [2.24, 2.45) is 5.73 Å². The van der Waals surface area contributed by atoms with Crippen LogP contribution in [0.1, 0.15) is 17.5 Å². The fraction of sp³-hybridized carbons (Fsp3) is 0.222. The van der Waals surface area contributed by atoms with E-state index < -0.39 is 5.91 Å². The number of hydrogen-bond acceptors (Lipinski definition) is 3. The van der Waals surface area contributed by atoms with Gasteiger partial charge >= 0.3 is 0 Å². The van der Waals surface area contributed by atoms with Gasteiger partial charge < -0.3 is 15.2 Å². The quantitative estimate of drug-likeness (QED) is 0.815. The summed E-state index contributed by atoms with van der Waals surface area (Å²) in [6.07, 6.45) is 1.48. The number of benzene rings is 2. The van der Waals surface area contributed by atoms with Gasteiger partial charge in [-0.2, -0.15) is 0 Å². The van der Waals surface area contributed by atoms with E-state index in [-0.39, 0.29) is 6.61 Å². The summed E-state index contributed by atoms with van der Waals surface area (Å²) in [5.74, 6) is 0.915. The van der Waals surface area contributed by atoms with E-state index in [1.165, 1.54) is 0 Å². The van der Waals surface area contributed by atoms with Crippen molar-refractivity contribution in [1.82, 2.24) is 0 Å². The summed E-state index contributed by atoms with van der Waals surface area (Å²) in [6.45, 7) is 4.23. The number of carbonyl (C=O) groups excluding carboxylic acids is 1. The molecule has 1 amide bonds. The Labute approximate surface area is 130 Å². The van der Waals surface area contributed by atoms with Crippen LogP contribution in [0.4, 0.5) is 0 Å². The van der Waals surface area contributed by atoms with Gasteiger partial charge in [0.2, 0.25) is 0 Å². The van der Waals surface area contributed by atoms with E-state index in [0.717, 1.165) is 29.7 Å². The van der Waals surface area contributed by atoms with Gasteiger partial charge in [-0.15, -0.1) is 0 Å². The summed E-state index contributed by atoms with van der Waals surface area (Å²) in [5.41, 5.74) is 7.17. The van der Waals surface area contributed by atoms with E-state index >= 15 is 0 Å². The lowest BCUT2D eigenvalue weighted by Crippen LogP contribution is -2.20. The fourth-order valence-corrected chi connectivity index (χ4v) is 2.06. The molecule has 4 heteroatoms. The van der Waals surface area contributed by atoms with Crippen molar-refractivity contribution in [3.05, 3.63) is 66.6 Å². The van der Waals surface area contributed by atoms with Gasteiger partial charge in [-0.3, -0.25) is 4.79 Å². The third-order valence-corrected chi connectivity index (χ3v) is 3.10. The summed E-state index contributed by atoms with van der Waals surface area (Å²) >= 11 is 0. The van der Waals surface area contributed by atoms with Crippen molar-refractivity contribution >= 4 is 5.91 Å². The molecular formula is C18H20NO3. The number of ether oxygens (including phenoxy) is 2. The highest BCUT2D eigenvalue weighted by atomic mass is 16.5. The molecule has 0 saturated carbocycles. The van der Waals surface area contributed by atoms with Crippen molar-refractivity contribution in [1.29, 1.82) is 0 Å². The predicted octanol–water partition coefficient (Wildman–Crippen LogP) is 2.90. The molecule has 1 radical (unpaired) electrons. The molecular weight excluding hydrogens is 278 g/mol. The molecule has 0 atom stereocenters. The minimum absolute atomic E-state index is 0.131. The first-order valence-electron chi connectivity index (χ1n) is 7.19. The maximum atomic E-state index is 10.8. The molecule has 4 nitrogen and oxygen atoms in total. The highest BCUT2D eigenvalue weighted by molar-refractivity contribution is 5.75. The van der Waals surface area contributed by atoms with Gasteiger partial charge in [-0.05, 0) is 42.2 Å². The first-order valence-corrected chi connectivity index (χ1v) is 7.19. The Morgan fingerprint density at radius 3 is 2.55 bits per heavy atom. The third-order valence-electron chi connectivity index (χ3n) is 3.10. The molecule has 22 heavy (non-hydrogen) atoms. The maximum Gasteiger partial charge on any atom is 0.255 e. The summed E-state index contributed by atoms with van der Waals surface area (Å²) < 4.78 is 11.2. The van der Waals surface area contributed by atoms with Crippen LogP contribution in [0, 0.1) is 6.92 Å². The topological polar surface area (TPSA) is 61.6 Å². The smallest absolute Gasteiger partial charge is 0.255 e. The second-order valence-electron chi connectivity index (χ2n) is 4.90. The van der Waals surface area contributed by atoms with Crippen LogP contribution in [0.25, 0.3) is 0 Å². The molecule has 0 heterocycles. The summed E-state index contributed by atoms with van der Waals surface area (Å²) in [5, 5.41) is 0. The summed E-state index contributed by atoms with van der Waals surface area (Å²) in [4.78, 5) is 10.8. The Hall–Kier alpha value is -2.49. The number of carbonyl (C=O) groups is 1. The van der Waals surface area contributed by atoms with Crippen molar-refractivity contribution in [3.8, 4) is 11.5 Å². The van der Waals surface area contributed by atoms with Crippen LogP contribution in [0.5, 0.6) is 11.5 Å². The van der Waals surface area contributed by atoms with E-state index in [0.29, 0.717) is 12.4 Å². The average molecular weight is 298 g/mol. The molecule has 2 aromatic carbocycles. The van der Waals surface area contributed by atoms with E-state index in [9.17, 15) is 4.79 Å². The molecule has 0 spiro atoms. The Balaban J connectivity index is 2.05. The molecule has 2 N–H and O–H groups in total. The lowest BCUT2D eigenvalue weighted by molar-refractivity contribution is -0.119. The molecule has 0 aliphatic rings. The minimum Gasteiger partial charge on any atom is -0.489 e. The monoisotopic (exact) mass is 298 g/mol. The minimum atomic E-state index is -0.495. The van der Waals surface area contributed by atoms with Gasteiger partial charge in [0.25, 0.3) is 5.91 Å². The number of amides is 1. The third kappa shape index (κ3) is 4.81. The number of hydrogen-bond donors (Lipinski definition) is 1. The molecule has 115 valence electrons. The van der Waals surface area contributed by atoms with Crippen LogP contribution < -0.4 is 15.2 Å². The van der Waals surface area contributed by atoms with Gasteiger partial charge in [-0.1, -0.05) is 37.3 Å². The zero-order chi connectivity index (χ0) is 15.8. The molecule has 0 aliphatic heterocycles. The normalized spacial score (nSPS) is 10.2. The molecule has 0 unspecified atom stereocenters. The van der Waals surface area contributed by atoms with E-state index in [1.54, 1.807) is 6.07 Å². The average Bonchev–Trinajstić information content (AvgIpc) is 2.53. The SMILES string of the molecule is [CH2]CCc1cc(OCc2ccccc2)ccc1OCC(N)=O. The standard InChI is InChI=1S/C18H20NO3/c1-2-6-15-11-16(9-10-17(15)22-13-18(19)20)21-12-14-7-4-3-5-8-14/h3-5,7-11H,1-2,6,12-13H2,(H2,19,20). The van der Waals surface area contributed by atoms with Crippen LogP contribution in [0.2, 0.25) is 0 Å². The van der Waals surface area contributed by atoms with Gasteiger partial charge in [0.15, 0.2) is 6.61 Å². The zero-order valence-corrected chi connectivity index (χ0v) is 12.5. The molecule has 0 aromatic heterocycles. The van der Waals surface area contributed by atoms with Crippen molar-refractivity contribution < 1.29 is 14.3 Å². The van der Waals surface area contributed by atoms with Gasteiger partial charge in [0.1, 0.15) is 18.1 Å². The van der Waals surface area contributed by atoms with E-state index in [4.69, 9.17) is 15.2 Å². The fourth-order valence-electron chi connectivity index (χ4n) is 2.06. The molecule has 2 aromatic rings. The number of primary amides is 1. The van der Waals surface area contributed by atoms with Crippen LogP contribution in [0.3, 0.4) is 0 Å². The summed E-state index contributed by atoms with van der Waals surface area (Å²) in [6, 6.07) is 15.5. The molecule has 0 bridgehead atoms. The molecule has 0 aliphatic carbocycles. The van der Waals surface area contributed by atoms with Crippen LogP contribution in [-0.2, 0) is 17.8 Å². The highest BCUT2D eigenvalue weighted by Crippen LogP contribution is 2.26. The predicted molar refractivity (Wildman–Crippen MR) is 85.6 cm³/mol. The number of nitrogens with two attached hydrogens (primary N) is 1. The number of aryl methyl sites for hydroxylation is 1. The molecule has 0 fully saturated rings. The van der Waals surface area contributed by atoms with Crippen molar-refractivity contribution in [2.45, 2.75) is 19.4 Å². The van der Waals surface area contributed by atoms with Crippen LogP contribution in [-0.4, -0.2) is 12.5 Å². The maximum absolute atomic E-state index is 10.8. The second-order valence-corrected chi connectivity index (χ2v) is 4.90. The van der Waals surface area contributed by atoms with Crippen LogP contribution in [0.15, 0.2) is 48.5 Å². The zero-order valence-electron chi connectivity index (χ0n) is 12.5. The van der Waals surface area contributed by atoms with Gasteiger partial charge in [0, 0.05) is 0 Å². The summed E-state index contributed by atoms with van der Waals surface area (Å²) in [7, 11) is 0. The van der Waals surface area contributed by atoms with Gasteiger partial charge in [-0.25, -0.2) is 0 Å². The highest BCUT2D eigenvalue weighted by Gasteiger charge is 2.07. The van der Waals surface area contributed by atoms with Crippen molar-refractivity contribution in [2.75, 3.05) is 6.61 Å². The van der Waals surface area contributed by atoms with Gasteiger partial charge in [0.05, 0.1) is 0 Å². The lowest BCUT2D eigenvalue weighted by atomic mass is 10.1. The first kappa shape index (κ1) is 15.9. The Bertz CT molecular complexity index is 611. The van der Waals surface area contributed by atoms with Crippen LogP contribution >= 0.6 is 0 Å². The van der Waals surface area contributed by atoms with E-state index in [1.807, 2.05) is 42.5 Å². The van der Waals surface area contributed by atoms with Crippen molar-refractivity contribution in [3.63, 3.8) is 0 Å². The Morgan fingerprint density at radius 2 is 1.86 bits per heavy atom. The largest absolute Gasteiger partial charge is 0.489 e. The first-order chi connectivity index (χ1) is 10.7. The lowest BCUT2D eigenvalue weighted by Gasteiger charge is -2.13. The Kier molecular flexibility index (Phi) is 5.83. The van der Waals surface area contributed by atoms with E-state index in [2.05, 4.69) is 6.92 Å². The molecule has 0 saturated heterocycles.